The fourth-order valence-corrected chi connectivity index (χ4v) is 1.70. The van der Waals surface area contributed by atoms with Crippen molar-refractivity contribution in [2.45, 2.75) is 0 Å². The summed E-state index contributed by atoms with van der Waals surface area (Å²) in [5.74, 6) is 0.539. The topological polar surface area (TPSA) is 96.0 Å². The van der Waals surface area contributed by atoms with Gasteiger partial charge in [-0.3, -0.25) is 4.98 Å². The molecule has 20 heavy (non-hydrogen) atoms. The Labute approximate surface area is 114 Å². The molecule has 2 aromatic heterocycles. The maximum absolute atomic E-state index is 5.54. The molecule has 0 saturated heterocycles. The van der Waals surface area contributed by atoms with Crippen LogP contribution in [0.2, 0.25) is 0 Å². The Kier molecular flexibility index (Phi) is 3.00. The van der Waals surface area contributed by atoms with Crippen molar-refractivity contribution in [2.24, 2.45) is 0 Å². The second-order valence-electron chi connectivity index (χ2n) is 3.93. The van der Waals surface area contributed by atoms with Crippen LogP contribution in [0.5, 0.6) is 17.8 Å². The highest BCUT2D eigenvalue weighted by molar-refractivity contribution is 5.79. The molecule has 7 nitrogen and oxygen atoms in total. The zero-order chi connectivity index (χ0) is 13.9. The molecule has 0 aliphatic heterocycles. The lowest BCUT2D eigenvalue weighted by Gasteiger charge is -2.06. The van der Waals surface area contributed by atoms with E-state index in [0.29, 0.717) is 5.75 Å². The van der Waals surface area contributed by atoms with Gasteiger partial charge in [0, 0.05) is 5.39 Å². The van der Waals surface area contributed by atoms with Gasteiger partial charge in [-0.15, -0.1) is 4.98 Å². The van der Waals surface area contributed by atoms with Gasteiger partial charge in [0.2, 0.25) is 5.95 Å². The van der Waals surface area contributed by atoms with Crippen molar-refractivity contribution in [1.29, 1.82) is 0 Å². The van der Waals surface area contributed by atoms with E-state index in [4.69, 9.17) is 15.2 Å². The minimum atomic E-state index is 0.0283. The van der Waals surface area contributed by atoms with E-state index >= 15 is 0 Å². The van der Waals surface area contributed by atoms with E-state index in [1.54, 1.807) is 6.20 Å². The number of hydrogen-bond acceptors (Lipinski definition) is 7. The Morgan fingerprint density at radius 3 is 2.70 bits per heavy atom. The first kappa shape index (κ1) is 12.1. The van der Waals surface area contributed by atoms with Crippen molar-refractivity contribution in [2.75, 3.05) is 12.8 Å². The van der Waals surface area contributed by atoms with Crippen LogP contribution in [0.15, 0.2) is 36.5 Å². The Balaban J connectivity index is 1.94. The van der Waals surface area contributed by atoms with Crippen molar-refractivity contribution < 1.29 is 9.47 Å². The molecule has 0 aliphatic rings. The van der Waals surface area contributed by atoms with Crippen LogP contribution in [0.1, 0.15) is 0 Å². The van der Waals surface area contributed by atoms with Gasteiger partial charge in [0.1, 0.15) is 5.75 Å². The molecule has 0 radical (unpaired) electrons. The molecule has 3 aromatic rings. The second kappa shape index (κ2) is 4.96. The number of nitrogens with two attached hydrogens (primary N) is 1. The Bertz CT molecular complexity index is 763. The van der Waals surface area contributed by atoms with Crippen molar-refractivity contribution in [3.05, 3.63) is 36.5 Å². The predicted octanol–water partition coefficient (Wildman–Crippen LogP) is 1.80. The van der Waals surface area contributed by atoms with Crippen LogP contribution in [0.25, 0.3) is 10.9 Å². The number of pyridine rings is 1. The number of benzene rings is 1. The number of ether oxygens (including phenoxy) is 2. The molecular weight excluding hydrogens is 258 g/mol. The molecule has 1 aromatic carbocycles. The summed E-state index contributed by atoms with van der Waals surface area (Å²) in [6.07, 6.45) is 1.59. The minimum Gasteiger partial charge on any atom is -0.467 e. The number of hydrogen-bond donors (Lipinski definition) is 1. The van der Waals surface area contributed by atoms with Crippen LogP contribution in [-0.4, -0.2) is 27.0 Å². The molecule has 0 spiro atoms. The van der Waals surface area contributed by atoms with E-state index < -0.39 is 0 Å². The molecule has 0 fully saturated rings. The number of anilines is 1. The molecule has 3 rings (SSSR count). The minimum absolute atomic E-state index is 0.0283. The molecule has 0 aliphatic carbocycles. The third-order valence-corrected chi connectivity index (χ3v) is 2.57. The van der Waals surface area contributed by atoms with Crippen molar-refractivity contribution in [3.8, 4) is 17.8 Å². The first-order valence-electron chi connectivity index (χ1n) is 5.83. The normalized spacial score (nSPS) is 10.4. The third kappa shape index (κ3) is 2.41. The standard InChI is InChI=1S/C13H11N5O2/c1-19-12-16-11(14)17-13(18-12)20-9-6-8-4-2-3-5-10(8)15-7-9/h2-7H,1H3,(H2,14,16,17,18). The Hall–Kier alpha value is -2.96. The maximum atomic E-state index is 5.54. The van der Waals surface area contributed by atoms with Crippen molar-refractivity contribution >= 4 is 16.9 Å². The van der Waals surface area contributed by atoms with Gasteiger partial charge in [-0.25, -0.2) is 0 Å². The molecule has 0 amide bonds. The average molecular weight is 269 g/mol. The van der Waals surface area contributed by atoms with Crippen molar-refractivity contribution in [1.82, 2.24) is 19.9 Å². The monoisotopic (exact) mass is 269 g/mol. The van der Waals surface area contributed by atoms with E-state index in [1.165, 1.54) is 7.11 Å². The summed E-state index contributed by atoms with van der Waals surface area (Å²) >= 11 is 0. The lowest BCUT2D eigenvalue weighted by Crippen LogP contribution is -2.02. The number of para-hydroxylation sites is 1. The molecule has 100 valence electrons. The third-order valence-electron chi connectivity index (χ3n) is 2.57. The van der Waals surface area contributed by atoms with Gasteiger partial charge >= 0.3 is 12.0 Å². The first-order chi connectivity index (χ1) is 9.74. The van der Waals surface area contributed by atoms with Crippen LogP contribution in [0.3, 0.4) is 0 Å². The summed E-state index contributed by atoms with van der Waals surface area (Å²) in [4.78, 5) is 15.9. The SMILES string of the molecule is COc1nc(N)nc(Oc2cnc3ccccc3c2)n1. The van der Waals surface area contributed by atoms with E-state index in [9.17, 15) is 0 Å². The largest absolute Gasteiger partial charge is 0.467 e. The molecule has 2 heterocycles. The van der Waals surface area contributed by atoms with E-state index in [2.05, 4.69) is 19.9 Å². The molecule has 0 unspecified atom stereocenters. The summed E-state index contributed by atoms with van der Waals surface area (Å²) in [5, 5.41) is 0.957. The summed E-state index contributed by atoms with van der Waals surface area (Å²) in [6.45, 7) is 0. The van der Waals surface area contributed by atoms with Gasteiger partial charge in [-0.2, -0.15) is 9.97 Å². The fourth-order valence-electron chi connectivity index (χ4n) is 1.70. The van der Waals surface area contributed by atoms with E-state index in [0.717, 1.165) is 10.9 Å². The Morgan fingerprint density at radius 1 is 1.05 bits per heavy atom. The Morgan fingerprint density at radius 2 is 1.85 bits per heavy atom. The van der Waals surface area contributed by atoms with Gasteiger partial charge in [0.15, 0.2) is 0 Å². The number of nitrogens with zero attached hydrogens (tertiary/aromatic N) is 4. The van der Waals surface area contributed by atoms with Crippen LogP contribution in [0, 0.1) is 0 Å². The molecule has 0 bridgehead atoms. The smallest absolute Gasteiger partial charge is 0.330 e. The second-order valence-corrected chi connectivity index (χ2v) is 3.93. The van der Waals surface area contributed by atoms with Gasteiger partial charge in [-0.1, -0.05) is 18.2 Å². The highest BCUT2D eigenvalue weighted by Crippen LogP contribution is 2.22. The van der Waals surface area contributed by atoms with Gasteiger partial charge in [0.05, 0.1) is 18.8 Å². The quantitative estimate of drug-likeness (QED) is 0.774. The zero-order valence-corrected chi connectivity index (χ0v) is 10.6. The number of rotatable bonds is 3. The lowest BCUT2D eigenvalue weighted by atomic mass is 10.2. The fraction of sp³-hybridized carbons (Fsp3) is 0.0769. The molecule has 0 atom stereocenters. The molecular formula is C13H11N5O2. The van der Waals surface area contributed by atoms with Gasteiger partial charge in [-0.05, 0) is 12.1 Å². The van der Waals surface area contributed by atoms with Gasteiger partial charge < -0.3 is 15.2 Å². The first-order valence-corrected chi connectivity index (χ1v) is 5.83. The highest BCUT2D eigenvalue weighted by Gasteiger charge is 2.07. The summed E-state index contributed by atoms with van der Waals surface area (Å²) in [5.41, 5.74) is 6.42. The van der Waals surface area contributed by atoms with Gasteiger partial charge in [0.25, 0.3) is 0 Å². The lowest BCUT2D eigenvalue weighted by molar-refractivity contribution is 0.360. The van der Waals surface area contributed by atoms with E-state index in [-0.39, 0.29) is 18.0 Å². The number of aromatic nitrogens is 4. The molecule has 2 N–H and O–H groups in total. The number of nitrogen functional groups attached to an aromatic ring is 1. The van der Waals surface area contributed by atoms with Crippen LogP contribution in [-0.2, 0) is 0 Å². The zero-order valence-electron chi connectivity index (χ0n) is 10.6. The van der Waals surface area contributed by atoms with Crippen LogP contribution in [0.4, 0.5) is 5.95 Å². The maximum Gasteiger partial charge on any atom is 0.330 e. The predicted molar refractivity (Wildman–Crippen MR) is 72.6 cm³/mol. The van der Waals surface area contributed by atoms with Crippen molar-refractivity contribution in [3.63, 3.8) is 0 Å². The summed E-state index contributed by atoms with van der Waals surface area (Å²) < 4.78 is 10.4. The average Bonchev–Trinajstić information content (AvgIpc) is 2.46. The molecule has 7 heteroatoms. The summed E-state index contributed by atoms with van der Waals surface area (Å²) in [7, 11) is 1.44. The van der Waals surface area contributed by atoms with Crippen LogP contribution >= 0.6 is 0 Å². The number of methoxy groups -OCH3 is 1. The molecule has 0 saturated carbocycles. The van der Waals surface area contributed by atoms with E-state index in [1.807, 2.05) is 30.3 Å². The summed E-state index contributed by atoms with van der Waals surface area (Å²) in [6, 6.07) is 9.72. The highest BCUT2D eigenvalue weighted by atomic mass is 16.5. The van der Waals surface area contributed by atoms with Crippen LogP contribution < -0.4 is 15.2 Å². The number of fused-ring (bicyclic) bond motifs is 1.